The lowest BCUT2D eigenvalue weighted by Crippen LogP contribution is -2.46. The minimum Gasteiger partial charge on any atom is -0.368 e. The van der Waals surface area contributed by atoms with E-state index in [2.05, 4.69) is 27.5 Å². The Kier molecular flexibility index (Phi) is 5.83. The van der Waals surface area contributed by atoms with Gasteiger partial charge >= 0.3 is 0 Å². The number of carbonyl (C=O) groups is 2. The predicted octanol–water partition coefficient (Wildman–Crippen LogP) is 1.14. The van der Waals surface area contributed by atoms with Gasteiger partial charge in [-0.05, 0) is 32.1 Å². The molecule has 1 unspecified atom stereocenters. The van der Waals surface area contributed by atoms with Gasteiger partial charge in [-0.1, -0.05) is 6.92 Å². The first-order chi connectivity index (χ1) is 12.2. The molecule has 1 aliphatic carbocycles. The molecule has 2 amide bonds. The Morgan fingerprint density at radius 2 is 2.20 bits per heavy atom. The number of aromatic nitrogens is 2. The maximum absolute atomic E-state index is 12.7. The number of nitrogens with one attached hydrogen (secondary N) is 2. The fraction of sp³-hybridized carbons (Fsp3) is 0.667. The zero-order valence-corrected chi connectivity index (χ0v) is 14.9. The number of piperidine rings is 1. The van der Waals surface area contributed by atoms with Gasteiger partial charge in [0.2, 0.25) is 11.8 Å². The van der Waals surface area contributed by atoms with Crippen molar-refractivity contribution < 1.29 is 9.59 Å². The van der Waals surface area contributed by atoms with E-state index in [1.54, 1.807) is 6.33 Å². The molecule has 0 aromatic carbocycles. The van der Waals surface area contributed by atoms with Gasteiger partial charge in [0.1, 0.15) is 12.1 Å². The minimum atomic E-state index is -0.0902. The van der Waals surface area contributed by atoms with E-state index in [1.165, 1.54) is 5.56 Å². The van der Waals surface area contributed by atoms with Crippen LogP contribution in [0.15, 0.2) is 6.33 Å². The summed E-state index contributed by atoms with van der Waals surface area (Å²) in [6.45, 7) is 4.61. The van der Waals surface area contributed by atoms with Crippen molar-refractivity contribution in [3.63, 3.8) is 0 Å². The van der Waals surface area contributed by atoms with E-state index < -0.39 is 0 Å². The first-order valence-corrected chi connectivity index (χ1v) is 9.31. The number of rotatable bonds is 7. The molecule has 0 bridgehead atoms. The molecule has 1 saturated heterocycles. The van der Waals surface area contributed by atoms with Crippen LogP contribution < -0.4 is 10.6 Å². The molecule has 2 heterocycles. The summed E-state index contributed by atoms with van der Waals surface area (Å²) in [7, 11) is 0. The highest BCUT2D eigenvalue weighted by Gasteiger charge is 2.28. The Morgan fingerprint density at radius 1 is 1.32 bits per heavy atom. The Morgan fingerprint density at radius 3 is 2.96 bits per heavy atom. The Labute approximate surface area is 148 Å². The van der Waals surface area contributed by atoms with Gasteiger partial charge in [-0.3, -0.25) is 9.59 Å². The van der Waals surface area contributed by atoms with Gasteiger partial charge in [0.25, 0.3) is 0 Å². The van der Waals surface area contributed by atoms with Crippen molar-refractivity contribution >= 4 is 17.6 Å². The molecule has 7 heteroatoms. The van der Waals surface area contributed by atoms with E-state index in [0.717, 1.165) is 43.7 Å². The van der Waals surface area contributed by atoms with E-state index in [9.17, 15) is 9.59 Å². The number of hydrogen-bond acceptors (Lipinski definition) is 5. The summed E-state index contributed by atoms with van der Waals surface area (Å²) in [4.78, 5) is 34.7. The van der Waals surface area contributed by atoms with Gasteiger partial charge in [-0.15, -0.1) is 0 Å². The van der Waals surface area contributed by atoms with Crippen molar-refractivity contribution in [1.82, 2.24) is 20.2 Å². The highest BCUT2D eigenvalue weighted by atomic mass is 16.2. The van der Waals surface area contributed by atoms with Gasteiger partial charge in [-0.2, -0.15) is 0 Å². The number of hydrogen-bond donors (Lipinski definition) is 2. The normalized spacial score (nSPS) is 19.2. The molecular formula is C18H27N5O2. The lowest BCUT2D eigenvalue weighted by Gasteiger charge is -2.29. The Hall–Kier alpha value is -2.18. The van der Waals surface area contributed by atoms with Crippen LogP contribution in [0.25, 0.3) is 0 Å². The molecule has 2 aliphatic rings. The molecule has 25 heavy (non-hydrogen) atoms. The number of carbonyl (C=O) groups excluding carboxylic acids is 2. The molecule has 2 N–H and O–H groups in total. The molecular weight excluding hydrogens is 318 g/mol. The van der Waals surface area contributed by atoms with Crippen molar-refractivity contribution in [3.05, 3.63) is 17.6 Å². The third-order valence-electron chi connectivity index (χ3n) is 4.97. The molecule has 1 fully saturated rings. The van der Waals surface area contributed by atoms with Crippen LogP contribution in [0.5, 0.6) is 0 Å². The lowest BCUT2D eigenvalue weighted by atomic mass is 9.97. The van der Waals surface area contributed by atoms with Crippen LogP contribution in [0.2, 0.25) is 0 Å². The summed E-state index contributed by atoms with van der Waals surface area (Å²) in [6, 6.07) is 0. The van der Waals surface area contributed by atoms with Gasteiger partial charge in [0.05, 0.1) is 5.92 Å². The summed E-state index contributed by atoms with van der Waals surface area (Å²) in [5, 5.41) is 6.19. The van der Waals surface area contributed by atoms with Crippen molar-refractivity contribution in [2.24, 2.45) is 5.92 Å². The molecule has 3 rings (SSSR count). The van der Waals surface area contributed by atoms with Crippen molar-refractivity contribution in [1.29, 1.82) is 0 Å². The van der Waals surface area contributed by atoms with E-state index in [4.69, 9.17) is 0 Å². The van der Waals surface area contributed by atoms with Crippen LogP contribution in [0.1, 0.15) is 43.9 Å². The van der Waals surface area contributed by atoms with Crippen LogP contribution >= 0.6 is 0 Å². The second kappa shape index (κ2) is 8.27. The number of anilines is 1. The monoisotopic (exact) mass is 345 g/mol. The van der Waals surface area contributed by atoms with Gasteiger partial charge in [0, 0.05) is 43.9 Å². The summed E-state index contributed by atoms with van der Waals surface area (Å²) in [5.74, 6) is 1.02. The number of nitrogens with zero attached hydrogens (tertiary/aromatic N) is 3. The average molecular weight is 345 g/mol. The van der Waals surface area contributed by atoms with Crippen LogP contribution in [0.4, 0.5) is 5.82 Å². The highest BCUT2D eigenvalue weighted by Crippen LogP contribution is 2.24. The van der Waals surface area contributed by atoms with E-state index in [-0.39, 0.29) is 17.7 Å². The standard InChI is InChI=1S/C18H27N5O2/c1-2-9-23(18(25)13-6-7-16(24)20-11-13)10-8-19-17-14-4-3-5-15(14)21-12-22-17/h12-13H,2-11H2,1H3,(H,20,24)(H,19,21,22). The maximum Gasteiger partial charge on any atom is 0.227 e. The van der Waals surface area contributed by atoms with Crippen LogP contribution in [0.3, 0.4) is 0 Å². The average Bonchev–Trinajstić information content (AvgIpc) is 3.10. The molecule has 0 spiro atoms. The molecule has 1 aromatic heterocycles. The lowest BCUT2D eigenvalue weighted by molar-refractivity contribution is -0.137. The summed E-state index contributed by atoms with van der Waals surface area (Å²) >= 11 is 0. The second-order valence-electron chi connectivity index (χ2n) is 6.79. The molecule has 1 aromatic rings. The molecule has 0 saturated carbocycles. The first-order valence-electron chi connectivity index (χ1n) is 9.31. The molecule has 136 valence electrons. The minimum absolute atomic E-state index is 0.0466. The quantitative estimate of drug-likeness (QED) is 0.774. The zero-order chi connectivity index (χ0) is 17.6. The van der Waals surface area contributed by atoms with Crippen LogP contribution in [0, 0.1) is 5.92 Å². The maximum atomic E-state index is 12.7. The zero-order valence-electron chi connectivity index (χ0n) is 14.9. The first kappa shape index (κ1) is 17.6. The number of aryl methyl sites for hydroxylation is 1. The topological polar surface area (TPSA) is 87.2 Å². The van der Waals surface area contributed by atoms with Gasteiger partial charge in [-0.25, -0.2) is 9.97 Å². The Bertz CT molecular complexity index is 624. The second-order valence-corrected chi connectivity index (χ2v) is 6.79. The fourth-order valence-corrected chi connectivity index (χ4v) is 3.63. The van der Waals surface area contributed by atoms with E-state index in [0.29, 0.717) is 32.5 Å². The third kappa shape index (κ3) is 4.27. The predicted molar refractivity (Wildman–Crippen MR) is 95.2 cm³/mol. The van der Waals surface area contributed by atoms with E-state index in [1.807, 2.05) is 4.90 Å². The van der Waals surface area contributed by atoms with Crippen molar-refractivity contribution in [2.45, 2.75) is 45.4 Å². The van der Waals surface area contributed by atoms with Crippen molar-refractivity contribution in [2.75, 3.05) is 31.5 Å². The van der Waals surface area contributed by atoms with Crippen LogP contribution in [-0.4, -0.2) is 52.9 Å². The van der Waals surface area contributed by atoms with Crippen LogP contribution in [-0.2, 0) is 22.4 Å². The summed E-state index contributed by atoms with van der Waals surface area (Å²) in [6.07, 6.45) is 6.83. The van der Waals surface area contributed by atoms with Gasteiger partial charge < -0.3 is 15.5 Å². The number of fused-ring (bicyclic) bond motifs is 1. The fourth-order valence-electron chi connectivity index (χ4n) is 3.63. The SMILES string of the molecule is CCCN(CCNc1ncnc2c1CCC2)C(=O)C1CCC(=O)NC1. The number of amides is 2. The van der Waals surface area contributed by atoms with Gasteiger partial charge in [0.15, 0.2) is 0 Å². The van der Waals surface area contributed by atoms with E-state index >= 15 is 0 Å². The molecule has 7 nitrogen and oxygen atoms in total. The summed E-state index contributed by atoms with van der Waals surface area (Å²) < 4.78 is 0. The largest absolute Gasteiger partial charge is 0.368 e. The molecule has 1 aliphatic heterocycles. The van der Waals surface area contributed by atoms with Crippen molar-refractivity contribution in [3.8, 4) is 0 Å². The highest BCUT2D eigenvalue weighted by molar-refractivity contribution is 5.83. The molecule has 1 atom stereocenters. The Balaban J connectivity index is 1.54. The third-order valence-corrected chi connectivity index (χ3v) is 4.97. The smallest absolute Gasteiger partial charge is 0.227 e. The molecule has 0 radical (unpaired) electrons. The summed E-state index contributed by atoms with van der Waals surface area (Å²) in [5.41, 5.74) is 2.38.